The molecule has 0 aliphatic carbocycles. The fraction of sp³-hybridized carbons (Fsp3) is 0.350. The van der Waals surface area contributed by atoms with Gasteiger partial charge in [0.05, 0.1) is 12.2 Å². The molecule has 0 bridgehead atoms. The molecule has 0 unspecified atom stereocenters. The molecule has 3 rings (SSSR count). The summed E-state index contributed by atoms with van der Waals surface area (Å²) >= 11 is 0. The number of aromatic carboxylic acids is 1. The lowest BCUT2D eigenvalue weighted by molar-refractivity contribution is 0.0694. The second-order valence-electron chi connectivity index (χ2n) is 6.46. The number of anilines is 1. The van der Waals surface area contributed by atoms with Crippen molar-refractivity contribution in [3.63, 3.8) is 0 Å². The van der Waals surface area contributed by atoms with Gasteiger partial charge in [-0.15, -0.1) is 0 Å². The lowest BCUT2D eigenvalue weighted by atomic mass is 9.97. The van der Waals surface area contributed by atoms with Crippen molar-refractivity contribution in [2.24, 2.45) is 0 Å². The Bertz CT molecular complexity index is 820. The number of carbonyl (C=O) groups excluding carboxylic acids is 1. The topological polar surface area (TPSA) is 91.8 Å². The van der Waals surface area contributed by atoms with Gasteiger partial charge in [0, 0.05) is 31.2 Å². The number of urea groups is 1. The Balaban J connectivity index is 1.61. The van der Waals surface area contributed by atoms with Crippen molar-refractivity contribution in [1.82, 2.24) is 9.88 Å². The number of aromatic nitrogens is 1. The average Bonchev–Trinajstić information content (AvgIpc) is 2.68. The van der Waals surface area contributed by atoms with Gasteiger partial charge in [-0.2, -0.15) is 0 Å². The summed E-state index contributed by atoms with van der Waals surface area (Å²) in [4.78, 5) is 29.5. The molecule has 1 aromatic carbocycles. The van der Waals surface area contributed by atoms with E-state index in [9.17, 15) is 14.7 Å². The molecule has 0 spiro atoms. The molecule has 0 atom stereocenters. The van der Waals surface area contributed by atoms with Crippen molar-refractivity contribution < 1.29 is 19.4 Å². The smallest absolute Gasteiger partial charge is 0.337 e. The van der Waals surface area contributed by atoms with Crippen molar-refractivity contribution in [2.75, 3.05) is 18.5 Å². The van der Waals surface area contributed by atoms with Crippen LogP contribution < -0.4 is 10.1 Å². The SMILES string of the molecule is CCCCOc1ccc(NC(=O)N2CCc3c(cncc3C(=O)O)C2)cc1. The highest BCUT2D eigenvalue weighted by molar-refractivity contribution is 5.91. The van der Waals surface area contributed by atoms with E-state index in [1.807, 2.05) is 12.1 Å². The van der Waals surface area contributed by atoms with Crippen molar-refractivity contribution in [3.8, 4) is 5.75 Å². The third-order valence-corrected chi connectivity index (χ3v) is 4.53. The molecule has 7 nitrogen and oxygen atoms in total. The maximum atomic E-state index is 12.5. The zero-order chi connectivity index (χ0) is 19.2. The minimum atomic E-state index is -0.988. The number of hydrogen-bond donors (Lipinski definition) is 2. The minimum absolute atomic E-state index is 0.214. The first-order valence-corrected chi connectivity index (χ1v) is 9.06. The van der Waals surface area contributed by atoms with Crippen molar-refractivity contribution in [2.45, 2.75) is 32.7 Å². The van der Waals surface area contributed by atoms with Crippen LogP contribution in [0.15, 0.2) is 36.7 Å². The molecule has 0 radical (unpaired) electrons. The van der Waals surface area contributed by atoms with Crippen LogP contribution in [0, 0.1) is 0 Å². The highest BCUT2D eigenvalue weighted by atomic mass is 16.5. The van der Waals surface area contributed by atoms with E-state index in [4.69, 9.17) is 4.74 Å². The van der Waals surface area contributed by atoms with Crippen LogP contribution in [0.3, 0.4) is 0 Å². The predicted molar refractivity (Wildman–Crippen MR) is 101 cm³/mol. The highest BCUT2D eigenvalue weighted by Crippen LogP contribution is 2.23. The number of carbonyl (C=O) groups is 2. The molecule has 27 heavy (non-hydrogen) atoms. The summed E-state index contributed by atoms with van der Waals surface area (Å²) in [5.41, 5.74) is 2.43. The van der Waals surface area contributed by atoms with Gasteiger partial charge in [0.2, 0.25) is 0 Å². The summed E-state index contributed by atoms with van der Waals surface area (Å²) in [5.74, 6) is -0.209. The lowest BCUT2D eigenvalue weighted by Gasteiger charge is -2.29. The van der Waals surface area contributed by atoms with Crippen LogP contribution in [0.5, 0.6) is 5.75 Å². The Labute approximate surface area is 158 Å². The van der Waals surface area contributed by atoms with Crippen LogP contribution >= 0.6 is 0 Å². The van der Waals surface area contributed by atoms with Crippen LogP contribution in [-0.4, -0.2) is 40.1 Å². The molecule has 2 N–H and O–H groups in total. The maximum absolute atomic E-state index is 12.5. The molecule has 0 saturated heterocycles. The second kappa shape index (κ2) is 8.53. The van der Waals surface area contributed by atoms with Gasteiger partial charge in [0.1, 0.15) is 5.75 Å². The van der Waals surface area contributed by atoms with E-state index >= 15 is 0 Å². The summed E-state index contributed by atoms with van der Waals surface area (Å²) in [7, 11) is 0. The van der Waals surface area contributed by atoms with E-state index < -0.39 is 5.97 Å². The van der Waals surface area contributed by atoms with E-state index in [-0.39, 0.29) is 11.6 Å². The van der Waals surface area contributed by atoms with Crippen molar-refractivity contribution >= 4 is 17.7 Å². The summed E-state index contributed by atoms with van der Waals surface area (Å²) < 4.78 is 5.61. The number of rotatable bonds is 6. The molecule has 0 fully saturated rings. The van der Waals surface area contributed by atoms with Crippen LogP contribution in [-0.2, 0) is 13.0 Å². The van der Waals surface area contributed by atoms with Gasteiger partial charge < -0.3 is 20.1 Å². The van der Waals surface area contributed by atoms with Gasteiger partial charge in [0.15, 0.2) is 0 Å². The Morgan fingerprint density at radius 3 is 2.74 bits per heavy atom. The third-order valence-electron chi connectivity index (χ3n) is 4.53. The van der Waals surface area contributed by atoms with Crippen molar-refractivity contribution in [1.29, 1.82) is 0 Å². The molecule has 142 valence electrons. The predicted octanol–water partition coefficient (Wildman–Crippen LogP) is 3.55. The van der Waals surface area contributed by atoms with Gasteiger partial charge in [-0.3, -0.25) is 4.98 Å². The van der Waals surface area contributed by atoms with Gasteiger partial charge in [0.25, 0.3) is 0 Å². The first-order valence-electron chi connectivity index (χ1n) is 9.06. The molecular formula is C20H23N3O4. The van der Waals surface area contributed by atoms with E-state index in [0.29, 0.717) is 31.8 Å². The van der Waals surface area contributed by atoms with Crippen molar-refractivity contribution in [3.05, 3.63) is 53.3 Å². The molecule has 1 aliphatic rings. The van der Waals surface area contributed by atoms with Gasteiger partial charge in [-0.25, -0.2) is 9.59 Å². The summed E-state index contributed by atoms with van der Waals surface area (Å²) in [6.07, 6.45) is 5.58. The molecule has 7 heteroatoms. The number of amides is 2. The van der Waals surface area contributed by atoms with Crippen LogP contribution in [0.1, 0.15) is 41.3 Å². The maximum Gasteiger partial charge on any atom is 0.337 e. The van der Waals surface area contributed by atoms with Crippen LogP contribution in [0.2, 0.25) is 0 Å². The van der Waals surface area contributed by atoms with E-state index in [2.05, 4.69) is 17.2 Å². The minimum Gasteiger partial charge on any atom is -0.494 e. The molecular weight excluding hydrogens is 346 g/mol. The van der Waals surface area contributed by atoms with Crippen LogP contribution in [0.25, 0.3) is 0 Å². The fourth-order valence-electron chi connectivity index (χ4n) is 3.02. The first-order chi connectivity index (χ1) is 13.1. The molecule has 2 amide bonds. The van der Waals surface area contributed by atoms with Crippen LogP contribution in [0.4, 0.5) is 10.5 Å². The number of pyridine rings is 1. The Morgan fingerprint density at radius 2 is 2.04 bits per heavy atom. The standard InChI is InChI=1S/C20H23N3O4/c1-2-3-10-27-16-6-4-15(5-7-16)22-20(26)23-9-8-17-14(13-23)11-21-12-18(17)19(24)25/h4-7,11-12H,2-3,8-10,13H2,1H3,(H,22,26)(H,24,25). The Hall–Kier alpha value is -3.09. The summed E-state index contributed by atoms with van der Waals surface area (Å²) in [6.45, 7) is 3.59. The Kier molecular flexibility index (Phi) is 5.90. The normalized spacial score (nSPS) is 13.0. The fourth-order valence-corrected chi connectivity index (χ4v) is 3.02. The molecule has 1 aromatic heterocycles. The number of carboxylic acids is 1. The zero-order valence-corrected chi connectivity index (χ0v) is 15.3. The number of benzene rings is 1. The molecule has 2 heterocycles. The van der Waals surface area contributed by atoms with E-state index in [0.717, 1.165) is 29.7 Å². The summed E-state index contributed by atoms with van der Waals surface area (Å²) in [6, 6.07) is 7.06. The zero-order valence-electron chi connectivity index (χ0n) is 15.3. The Morgan fingerprint density at radius 1 is 1.26 bits per heavy atom. The van der Waals surface area contributed by atoms with Gasteiger partial charge in [-0.05, 0) is 48.2 Å². The first kappa shape index (κ1) is 18.7. The number of fused-ring (bicyclic) bond motifs is 1. The number of carboxylic acid groups (broad SMARTS) is 1. The van der Waals surface area contributed by atoms with E-state index in [1.54, 1.807) is 23.2 Å². The lowest BCUT2D eigenvalue weighted by Crippen LogP contribution is -2.39. The number of unbranched alkanes of at least 4 members (excludes halogenated alkanes) is 1. The van der Waals surface area contributed by atoms with Gasteiger partial charge >= 0.3 is 12.0 Å². The quantitative estimate of drug-likeness (QED) is 0.760. The summed E-state index contributed by atoms with van der Waals surface area (Å²) in [5, 5.41) is 12.1. The third kappa shape index (κ3) is 4.55. The number of ether oxygens (including phenoxy) is 1. The molecule has 1 aliphatic heterocycles. The monoisotopic (exact) mass is 369 g/mol. The number of nitrogens with one attached hydrogen (secondary N) is 1. The average molecular weight is 369 g/mol. The van der Waals surface area contributed by atoms with Gasteiger partial charge in [-0.1, -0.05) is 13.3 Å². The number of nitrogens with zero attached hydrogens (tertiary/aromatic N) is 2. The molecule has 0 saturated carbocycles. The molecule has 2 aromatic rings. The largest absolute Gasteiger partial charge is 0.494 e. The highest BCUT2D eigenvalue weighted by Gasteiger charge is 2.24. The number of hydrogen-bond acceptors (Lipinski definition) is 4. The van der Waals surface area contributed by atoms with E-state index in [1.165, 1.54) is 6.20 Å². The second-order valence-corrected chi connectivity index (χ2v) is 6.46.